The molecule has 2 N–H and O–H groups in total. The Kier molecular flexibility index (Phi) is 4.81. The monoisotopic (exact) mass is 306 g/mol. The second-order valence-corrected chi connectivity index (χ2v) is 5.08. The minimum Gasteiger partial charge on any atom is -0.399 e. The van der Waals surface area contributed by atoms with Crippen LogP contribution in [0.1, 0.15) is 23.7 Å². The van der Waals surface area contributed by atoms with Crippen LogP contribution in [0.3, 0.4) is 0 Å². The van der Waals surface area contributed by atoms with Crippen molar-refractivity contribution in [2.24, 2.45) is 0 Å². The summed E-state index contributed by atoms with van der Waals surface area (Å²) in [6, 6.07) is 11.1. The Morgan fingerprint density at radius 1 is 1.24 bits per heavy atom. The number of benzene rings is 2. The Morgan fingerprint density at radius 3 is 2.48 bits per heavy atom. The predicted octanol–water partition coefficient (Wildman–Crippen LogP) is 4.12. The van der Waals surface area contributed by atoms with E-state index >= 15 is 0 Å². The summed E-state index contributed by atoms with van der Waals surface area (Å²) in [5.74, 6) is -0.867. The van der Waals surface area contributed by atoms with E-state index in [4.69, 9.17) is 17.3 Å². The molecule has 0 saturated carbocycles. The van der Waals surface area contributed by atoms with Gasteiger partial charge in [0.2, 0.25) is 0 Å². The van der Waals surface area contributed by atoms with E-state index in [2.05, 4.69) is 0 Å². The number of nitrogens with zero attached hydrogens (tertiary/aromatic N) is 1. The number of nitrogen functional groups attached to an aromatic ring is 1. The van der Waals surface area contributed by atoms with E-state index < -0.39 is 5.82 Å². The first-order valence-corrected chi connectivity index (χ1v) is 7.03. The molecule has 2 rings (SSSR count). The fraction of sp³-hybridized carbons (Fsp3) is 0.188. The van der Waals surface area contributed by atoms with Gasteiger partial charge >= 0.3 is 0 Å². The molecule has 0 atom stereocenters. The second kappa shape index (κ2) is 6.59. The summed E-state index contributed by atoms with van der Waals surface area (Å²) in [7, 11) is 0. The molecular weight excluding hydrogens is 291 g/mol. The molecule has 0 aliphatic rings. The number of halogens is 2. The van der Waals surface area contributed by atoms with Crippen LogP contribution >= 0.6 is 11.6 Å². The molecule has 0 heterocycles. The van der Waals surface area contributed by atoms with Crippen LogP contribution in [0, 0.1) is 5.82 Å². The van der Waals surface area contributed by atoms with E-state index in [0.717, 1.165) is 18.2 Å². The maximum absolute atomic E-state index is 13.5. The van der Waals surface area contributed by atoms with Gasteiger partial charge in [0, 0.05) is 23.5 Å². The first-order valence-electron chi connectivity index (χ1n) is 6.65. The van der Waals surface area contributed by atoms with Gasteiger partial charge in [-0.05, 0) is 48.9 Å². The van der Waals surface area contributed by atoms with Gasteiger partial charge in [0.15, 0.2) is 0 Å². The molecule has 5 heteroatoms. The molecule has 0 spiro atoms. The van der Waals surface area contributed by atoms with Gasteiger partial charge in [-0.1, -0.05) is 18.5 Å². The largest absolute Gasteiger partial charge is 0.399 e. The van der Waals surface area contributed by atoms with E-state index in [1.165, 1.54) is 12.1 Å². The molecule has 21 heavy (non-hydrogen) atoms. The second-order valence-electron chi connectivity index (χ2n) is 4.68. The van der Waals surface area contributed by atoms with Crippen LogP contribution < -0.4 is 10.6 Å². The summed E-state index contributed by atoms with van der Waals surface area (Å²) in [4.78, 5) is 14.2. The van der Waals surface area contributed by atoms with Gasteiger partial charge in [0.25, 0.3) is 5.91 Å². The van der Waals surface area contributed by atoms with E-state index in [1.807, 2.05) is 6.92 Å². The maximum atomic E-state index is 13.5. The summed E-state index contributed by atoms with van der Waals surface area (Å²) in [6.07, 6.45) is 0.784. The van der Waals surface area contributed by atoms with Crippen molar-refractivity contribution in [3.8, 4) is 0 Å². The molecule has 0 aliphatic heterocycles. The minimum atomic E-state index is -0.601. The fourth-order valence-electron chi connectivity index (χ4n) is 2.01. The molecule has 2 aromatic rings. The number of amides is 1. The zero-order valence-corrected chi connectivity index (χ0v) is 12.4. The van der Waals surface area contributed by atoms with Crippen LogP contribution in [0.2, 0.25) is 5.02 Å². The third-order valence-corrected chi connectivity index (χ3v) is 3.37. The van der Waals surface area contributed by atoms with Crippen LogP contribution in [-0.2, 0) is 0 Å². The molecule has 0 aliphatic carbocycles. The first kappa shape index (κ1) is 15.3. The molecule has 2 aromatic carbocycles. The van der Waals surface area contributed by atoms with Crippen LogP contribution in [0.15, 0.2) is 42.5 Å². The molecule has 110 valence electrons. The Bertz CT molecular complexity index is 643. The van der Waals surface area contributed by atoms with Crippen molar-refractivity contribution in [1.29, 1.82) is 0 Å². The van der Waals surface area contributed by atoms with Crippen molar-refractivity contribution in [3.05, 3.63) is 58.9 Å². The topological polar surface area (TPSA) is 46.3 Å². The smallest absolute Gasteiger partial charge is 0.258 e. The van der Waals surface area contributed by atoms with Crippen molar-refractivity contribution in [2.75, 3.05) is 17.2 Å². The molecule has 0 unspecified atom stereocenters. The average molecular weight is 307 g/mol. The molecule has 0 radical (unpaired) electrons. The minimum absolute atomic E-state index is 0.000996. The van der Waals surface area contributed by atoms with Crippen LogP contribution in [0.5, 0.6) is 0 Å². The lowest BCUT2D eigenvalue weighted by molar-refractivity contribution is 0.0986. The van der Waals surface area contributed by atoms with Crippen LogP contribution in [0.25, 0.3) is 0 Å². The van der Waals surface area contributed by atoms with Crippen LogP contribution in [-0.4, -0.2) is 12.5 Å². The van der Waals surface area contributed by atoms with Crippen molar-refractivity contribution in [3.63, 3.8) is 0 Å². The number of anilines is 2. The summed E-state index contributed by atoms with van der Waals surface area (Å²) in [5.41, 5.74) is 7.28. The molecule has 3 nitrogen and oxygen atoms in total. The lowest BCUT2D eigenvalue weighted by Crippen LogP contribution is -2.31. The number of carbonyl (C=O) groups is 1. The van der Waals surface area contributed by atoms with Gasteiger partial charge in [-0.3, -0.25) is 4.79 Å². The summed E-state index contributed by atoms with van der Waals surface area (Å²) in [6.45, 7) is 2.51. The van der Waals surface area contributed by atoms with E-state index in [-0.39, 0.29) is 16.5 Å². The first-order chi connectivity index (χ1) is 10.0. The molecule has 0 saturated heterocycles. The lowest BCUT2D eigenvalue weighted by atomic mass is 10.1. The third kappa shape index (κ3) is 3.52. The molecular formula is C16H16ClFN2O. The number of rotatable bonds is 4. The summed E-state index contributed by atoms with van der Waals surface area (Å²) >= 11 is 5.65. The Morgan fingerprint density at radius 2 is 1.90 bits per heavy atom. The van der Waals surface area contributed by atoms with Gasteiger partial charge in [-0.15, -0.1) is 0 Å². The van der Waals surface area contributed by atoms with Gasteiger partial charge in [-0.2, -0.15) is 0 Å². The van der Waals surface area contributed by atoms with Crippen molar-refractivity contribution in [2.45, 2.75) is 13.3 Å². The molecule has 0 aromatic heterocycles. The number of hydrogen-bond donors (Lipinski definition) is 1. The predicted molar refractivity (Wildman–Crippen MR) is 84.2 cm³/mol. The normalized spacial score (nSPS) is 10.4. The number of hydrogen-bond acceptors (Lipinski definition) is 2. The fourth-order valence-corrected chi connectivity index (χ4v) is 2.13. The SMILES string of the molecule is CCCN(C(=O)c1ccc(Cl)c(F)c1)c1ccc(N)cc1. The molecule has 0 fully saturated rings. The quantitative estimate of drug-likeness (QED) is 0.864. The number of carbonyl (C=O) groups excluding carboxylic acids is 1. The van der Waals surface area contributed by atoms with Crippen molar-refractivity contribution in [1.82, 2.24) is 0 Å². The lowest BCUT2D eigenvalue weighted by Gasteiger charge is -2.22. The third-order valence-electron chi connectivity index (χ3n) is 3.06. The van der Waals surface area contributed by atoms with Gasteiger partial charge < -0.3 is 10.6 Å². The number of nitrogens with two attached hydrogens (primary N) is 1. The average Bonchev–Trinajstić information content (AvgIpc) is 2.48. The highest BCUT2D eigenvalue weighted by atomic mass is 35.5. The Labute approximate surface area is 128 Å². The van der Waals surface area contributed by atoms with Gasteiger partial charge in [0.05, 0.1) is 5.02 Å². The Balaban J connectivity index is 2.34. The molecule has 0 bridgehead atoms. The van der Waals surface area contributed by atoms with Crippen LogP contribution in [0.4, 0.5) is 15.8 Å². The van der Waals surface area contributed by atoms with Crippen molar-refractivity contribution >= 4 is 28.9 Å². The standard InChI is InChI=1S/C16H16ClFN2O/c1-2-9-20(13-6-4-12(19)5-7-13)16(21)11-3-8-14(17)15(18)10-11/h3-8,10H,2,9,19H2,1H3. The summed E-state index contributed by atoms with van der Waals surface area (Å²) < 4.78 is 13.5. The molecule has 1 amide bonds. The van der Waals surface area contributed by atoms with E-state index in [9.17, 15) is 9.18 Å². The Hall–Kier alpha value is -2.07. The zero-order valence-electron chi connectivity index (χ0n) is 11.6. The summed E-state index contributed by atoms with van der Waals surface area (Å²) in [5, 5.41) is 0.000996. The highest BCUT2D eigenvalue weighted by Crippen LogP contribution is 2.21. The van der Waals surface area contributed by atoms with Gasteiger partial charge in [0.1, 0.15) is 5.82 Å². The van der Waals surface area contributed by atoms with E-state index in [1.54, 1.807) is 29.2 Å². The maximum Gasteiger partial charge on any atom is 0.258 e. The highest BCUT2D eigenvalue weighted by molar-refractivity contribution is 6.30. The zero-order chi connectivity index (χ0) is 15.4. The van der Waals surface area contributed by atoms with Crippen molar-refractivity contribution < 1.29 is 9.18 Å². The van der Waals surface area contributed by atoms with Gasteiger partial charge in [-0.25, -0.2) is 4.39 Å². The van der Waals surface area contributed by atoms with E-state index in [0.29, 0.717) is 12.2 Å². The highest BCUT2D eigenvalue weighted by Gasteiger charge is 2.18.